The molecule has 2 aliphatic carbocycles. The summed E-state index contributed by atoms with van der Waals surface area (Å²) in [5.74, 6) is 0.365. The Bertz CT molecular complexity index is 1380. The van der Waals surface area contributed by atoms with E-state index in [2.05, 4.69) is 26.1 Å². The number of nitrogens with zero attached hydrogens (tertiary/aromatic N) is 2. The van der Waals surface area contributed by atoms with Crippen molar-refractivity contribution in [2.24, 2.45) is 11.3 Å². The van der Waals surface area contributed by atoms with E-state index < -0.39 is 15.4 Å². The molecule has 0 saturated heterocycles. The van der Waals surface area contributed by atoms with E-state index >= 15 is 0 Å². The van der Waals surface area contributed by atoms with Gasteiger partial charge in [0.1, 0.15) is 11.5 Å². The van der Waals surface area contributed by atoms with Crippen LogP contribution in [0.5, 0.6) is 0 Å². The summed E-state index contributed by atoms with van der Waals surface area (Å²) in [6, 6.07) is 11.3. The van der Waals surface area contributed by atoms with Gasteiger partial charge in [0.05, 0.1) is 17.2 Å². The van der Waals surface area contributed by atoms with Crippen molar-refractivity contribution >= 4 is 38.5 Å². The number of sulfonamides is 1. The molecule has 3 N–H and O–H groups in total. The Kier molecular flexibility index (Phi) is 4.71. The number of hydrogen-bond acceptors (Lipinski definition) is 5. The van der Waals surface area contributed by atoms with Gasteiger partial charge in [0.2, 0.25) is 15.9 Å². The third-order valence-corrected chi connectivity index (χ3v) is 7.55. The van der Waals surface area contributed by atoms with Crippen molar-refractivity contribution in [2.45, 2.75) is 32.6 Å². The highest BCUT2D eigenvalue weighted by molar-refractivity contribution is 7.92. The molecule has 1 amide bonds. The minimum Gasteiger partial charge on any atom is -0.346 e. The van der Waals surface area contributed by atoms with E-state index in [0.717, 1.165) is 34.9 Å². The number of carbonyl (C=O) groups excluding carboxylic acids is 1. The van der Waals surface area contributed by atoms with E-state index in [4.69, 9.17) is 0 Å². The van der Waals surface area contributed by atoms with Gasteiger partial charge in [-0.1, -0.05) is 6.07 Å². The number of benzene rings is 1. The smallest absolute Gasteiger partial charge is 0.234 e. The minimum atomic E-state index is -3.62. The number of pyridine rings is 1. The van der Waals surface area contributed by atoms with Crippen LogP contribution in [0, 0.1) is 29.6 Å². The lowest BCUT2D eigenvalue weighted by Gasteiger charge is -2.14. The SMILES string of the molecule is Cc1cc(NS(=O)(=O)CC2(C#N)CC2)ccc1-c1cc(NC(=O)C2CC2)nc2[nH]ccc12. The lowest BCUT2D eigenvalue weighted by atomic mass is 9.98. The maximum Gasteiger partial charge on any atom is 0.234 e. The average Bonchev–Trinajstić information content (AvgIpc) is 3.66. The lowest BCUT2D eigenvalue weighted by Crippen LogP contribution is -2.22. The number of rotatable bonds is 7. The van der Waals surface area contributed by atoms with Crippen molar-refractivity contribution in [1.29, 1.82) is 5.26 Å². The van der Waals surface area contributed by atoms with E-state index in [1.54, 1.807) is 18.3 Å². The molecule has 0 radical (unpaired) electrons. The highest BCUT2D eigenvalue weighted by atomic mass is 32.2. The summed E-state index contributed by atoms with van der Waals surface area (Å²) in [7, 11) is -3.62. The molecule has 8 nitrogen and oxygen atoms in total. The second kappa shape index (κ2) is 7.35. The summed E-state index contributed by atoms with van der Waals surface area (Å²) in [5.41, 5.74) is 3.08. The highest BCUT2D eigenvalue weighted by Gasteiger charge is 2.47. The van der Waals surface area contributed by atoms with Crippen LogP contribution in [0.1, 0.15) is 31.2 Å². The molecule has 2 fully saturated rings. The Balaban J connectivity index is 1.44. The second-order valence-electron chi connectivity index (χ2n) is 8.84. The maximum absolute atomic E-state index is 12.5. The molecular weight excluding hydrogens is 426 g/mol. The predicted octanol–water partition coefficient (Wildman–Crippen LogP) is 3.93. The number of aromatic nitrogens is 2. The number of aromatic amines is 1. The summed E-state index contributed by atoms with van der Waals surface area (Å²) in [6.07, 6.45) is 4.87. The molecule has 3 aromatic rings. The number of amides is 1. The minimum absolute atomic E-state index is 0.0124. The average molecular weight is 450 g/mol. The number of carbonyl (C=O) groups is 1. The van der Waals surface area contributed by atoms with E-state index in [9.17, 15) is 18.5 Å². The summed E-state index contributed by atoms with van der Waals surface area (Å²) < 4.78 is 27.6. The van der Waals surface area contributed by atoms with Crippen molar-refractivity contribution in [2.75, 3.05) is 15.8 Å². The highest BCUT2D eigenvalue weighted by Crippen LogP contribution is 2.46. The third kappa shape index (κ3) is 4.06. The van der Waals surface area contributed by atoms with Crippen molar-refractivity contribution in [3.63, 3.8) is 0 Å². The van der Waals surface area contributed by atoms with Crippen LogP contribution in [0.3, 0.4) is 0 Å². The normalized spacial score (nSPS) is 17.0. The molecule has 2 aromatic heterocycles. The number of hydrogen-bond donors (Lipinski definition) is 3. The van der Waals surface area contributed by atoms with E-state index in [0.29, 0.717) is 30.0 Å². The number of nitriles is 1. The molecule has 2 aliphatic rings. The van der Waals surface area contributed by atoms with E-state index in [1.165, 1.54) is 0 Å². The quantitative estimate of drug-likeness (QED) is 0.503. The molecule has 0 bridgehead atoms. The zero-order valence-corrected chi connectivity index (χ0v) is 18.4. The van der Waals surface area contributed by atoms with Gasteiger partial charge in [-0.15, -0.1) is 0 Å². The number of fused-ring (bicyclic) bond motifs is 1. The fraction of sp³-hybridized carbons (Fsp3) is 0.348. The molecule has 9 heteroatoms. The van der Waals surface area contributed by atoms with Gasteiger partial charge in [0.15, 0.2) is 0 Å². The molecule has 1 aromatic carbocycles. The van der Waals surface area contributed by atoms with Crippen molar-refractivity contribution < 1.29 is 13.2 Å². The Morgan fingerprint density at radius 1 is 1.25 bits per heavy atom. The molecule has 2 heterocycles. The van der Waals surface area contributed by atoms with Crippen LogP contribution in [-0.2, 0) is 14.8 Å². The van der Waals surface area contributed by atoms with Crippen molar-refractivity contribution in [1.82, 2.24) is 9.97 Å². The van der Waals surface area contributed by atoms with Crippen LogP contribution in [0.4, 0.5) is 11.5 Å². The number of aryl methyl sites for hydroxylation is 1. The molecule has 0 aliphatic heterocycles. The first-order valence-corrected chi connectivity index (χ1v) is 12.2. The number of anilines is 2. The van der Waals surface area contributed by atoms with Crippen LogP contribution >= 0.6 is 0 Å². The second-order valence-corrected chi connectivity index (χ2v) is 10.6. The van der Waals surface area contributed by atoms with Gasteiger partial charge >= 0.3 is 0 Å². The molecule has 32 heavy (non-hydrogen) atoms. The zero-order chi connectivity index (χ0) is 22.5. The Morgan fingerprint density at radius 3 is 2.69 bits per heavy atom. The van der Waals surface area contributed by atoms with Gasteiger partial charge in [0, 0.05) is 23.2 Å². The summed E-state index contributed by atoms with van der Waals surface area (Å²) >= 11 is 0. The Hall–Kier alpha value is -3.38. The van der Waals surface area contributed by atoms with E-state index in [1.807, 2.05) is 25.1 Å². The lowest BCUT2D eigenvalue weighted by molar-refractivity contribution is -0.117. The van der Waals surface area contributed by atoms with Crippen LogP contribution in [0.15, 0.2) is 36.5 Å². The molecule has 5 rings (SSSR count). The first kappa shape index (κ1) is 20.5. The van der Waals surface area contributed by atoms with Crippen LogP contribution in [-0.4, -0.2) is 30.0 Å². The first-order chi connectivity index (χ1) is 15.3. The monoisotopic (exact) mass is 449 g/mol. The zero-order valence-electron chi connectivity index (χ0n) is 17.6. The third-order valence-electron chi connectivity index (χ3n) is 6.08. The summed E-state index contributed by atoms with van der Waals surface area (Å²) in [4.78, 5) is 19.8. The summed E-state index contributed by atoms with van der Waals surface area (Å²) in [5, 5.41) is 13.0. The van der Waals surface area contributed by atoms with Crippen LogP contribution in [0.2, 0.25) is 0 Å². The Labute approximate surface area is 186 Å². The Morgan fingerprint density at radius 2 is 2.03 bits per heavy atom. The predicted molar refractivity (Wildman–Crippen MR) is 122 cm³/mol. The van der Waals surface area contributed by atoms with Gasteiger partial charge in [-0.2, -0.15) is 5.26 Å². The first-order valence-electron chi connectivity index (χ1n) is 10.6. The fourth-order valence-electron chi connectivity index (χ4n) is 3.95. The number of nitrogens with one attached hydrogen (secondary N) is 3. The largest absolute Gasteiger partial charge is 0.346 e. The molecular formula is C23H23N5O3S. The molecule has 2 saturated carbocycles. The molecule has 164 valence electrons. The van der Waals surface area contributed by atoms with Crippen molar-refractivity contribution in [3.05, 3.63) is 42.1 Å². The molecule has 0 unspecified atom stereocenters. The summed E-state index contributed by atoms with van der Waals surface area (Å²) in [6.45, 7) is 1.91. The maximum atomic E-state index is 12.5. The van der Waals surface area contributed by atoms with Gasteiger partial charge < -0.3 is 10.3 Å². The fourth-order valence-corrected chi connectivity index (χ4v) is 5.59. The van der Waals surface area contributed by atoms with Gasteiger partial charge in [-0.3, -0.25) is 9.52 Å². The number of H-pyrrole nitrogens is 1. The van der Waals surface area contributed by atoms with Gasteiger partial charge in [-0.05, 0) is 73.6 Å². The van der Waals surface area contributed by atoms with Gasteiger partial charge in [-0.25, -0.2) is 13.4 Å². The topological polar surface area (TPSA) is 128 Å². The van der Waals surface area contributed by atoms with Crippen LogP contribution in [0.25, 0.3) is 22.2 Å². The van der Waals surface area contributed by atoms with Crippen molar-refractivity contribution in [3.8, 4) is 17.2 Å². The standard InChI is InChI=1S/C23H23N5O3S/c1-14-10-16(28-32(30,31)13-23(12-24)7-8-23)4-5-17(14)19-11-20(27-22(29)15-2-3-15)26-21-18(19)6-9-25-21/h4-6,9-11,15,28H,2-3,7-8,13H2,1H3,(H2,25,26,27,29). The van der Waals surface area contributed by atoms with E-state index in [-0.39, 0.29) is 17.6 Å². The molecule has 0 spiro atoms. The van der Waals surface area contributed by atoms with Gasteiger partial charge in [0.25, 0.3) is 0 Å². The molecule has 0 atom stereocenters. The van der Waals surface area contributed by atoms with Crippen LogP contribution < -0.4 is 10.0 Å².